The van der Waals surface area contributed by atoms with Gasteiger partial charge in [-0.05, 0) is 48.5 Å². The Kier molecular flexibility index (Phi) is 5.28. The van der Waals surface area contributed by atoms with Gasteiger partial charge in [-0.1, -0.05) is 0 Å². The van der Waals surface area contributed by atoms with Gasteiger partial charge < -0.3 is 9.80 Å². The molecular formula is C19H16F3N3O2. The van der Waals surface area contributed by atoms with Gasteiger partial charge in [0.25, 0.3) is 5.91 Å². The number of benzene rings is 2. The number of rotatable bonds is 3. The molecule has 1 saturated heterocycles. The first-order valence-electron chi connectivity index (χ1n) is 8.28. The van der Waals surface area contributed by atoms with Crippen LogP contribution in [0.15, 0.2) is 53.5 Å². The number of anilines is 1. The fourth-order valence-corrected chi connectivity index (χ4v) is 2.94. The van der Waals surface area contributed by atoms with Gasteiger partial charge in [0.05, 0.1) is 11.3 Å². The number of carbonyl (C=O) groups excluding carboxylic acids is 2. The van der Waals surface area contributed by atoms with Crippen molar-refractivity contribution in [3.8, 4) is 0 Å². The summed E-state index contributed by atoms with van der Waals surface area (Å²) in [5, 5.41) is 0. The summed E-state index contributed by atoms with van der Waals surface area (Å²) >= 11 is 0. The number of hydrogen-bond donors (Lipinski definition) is 0. The summed E-state index contributed by atoms with van der Waals surface area (Å²) in [7, 11) is 0. The first-order valence-corrected chi connectivity index (χ1v) is 8.28. The smallest absolute Gasteiger partial charge is 0.368 e. The first-order chi connectivity index (χ1) is 12.9. The SMILES string of the molecule is O=C=Nc1ccc(C(=O)N2CCN(c3ccc(C(F)(F)F)cc3)CC2)cc1. The molecule has 1 heterocycles. The van der Waals surface area contributed by atoms with Crippen molar-refractivity contribution in [2.75, 3.05) is 31.1 Å². The minimum absolute atomic E-state index is 0.135. The predicted molar refractivity (Wildman–Crippen MR) is 93.8 cm³/mol. The van der Waals surface area contributed by atoms with Crippen molar-refractivity contribution < 1.29 is 22.8 Å². The largest absolute Gasteiger partial charge is 0.416 e. The summed E-state index contributed by atoms with van der Waals surface area (Å²) in [6, 6.07) is 11.4. The molecule has 2 aromatic rings. The third-order valence-corrected chi connectivity index (χ3v) is 4.42. The molecule has 8 heteroatoms. The Hall–Kier alpha value is -3.12. The third-order valence-electron chi connectivity index (χ3n) is 4.42. The van der Waals surface area contributed by atoms with Crippen molar-refractivity contribution in [1.82, 2.24) is 4.90 Å². The third kappa shape index (κ3) is 4.35. The Bertz CT molecular complexity index is 849. The molecule has 27 heavy (non-hydrogen) atoms. The number of nitrogens with zero attached hydrogens (tertiary/aromatic N) is 3. The number of halogens is 3. The number of aliphatic imine (C=N–C) groups is 1. The first kappa shape index (κ1) is 18.7. The minimum Gasteiger partial charge on any atom is -0.368 e. The van der Waals surface area contributed by atoms with Gasteiger partial charge in [0.2, 0.25) is 6.08 Å². The molecule has 5 nitrogen and oxygen atoms in total. The van der Waals surface area contributed by atoms with Crippen LogP contribution in [0, 0.1) is 0 Å². The minimum atomic E-state index is -4.35. The lowest BCUT2D eigenvalue weighted by Gasteiger charge is -2.36. The Morgan fingerprint density at radius 3 is 2.04 bits per heavy atom. The van der Waals surface area contributed by atoms with Crippen LogP contribution < -0.4 is 4.90 Å². The average molecular weight is 375 g/mol. The van der Waals surface area contributed by atoms with Crippen LogP contribution in [0.25, 0.3) is 0 Å². The molecule has 0 saturated carbocycles. The summed E-state index contributed by atoms with van der Waals surface area (Å²) in [4.78, 5) is 29.9. The molecule has 0 spiro atoms. The highest BCUT2D eigenvalue weighted by Gasteiger charge is 2.30. The summed E-state index contributed by atoms with van der Waals surface area (Å²) in [5.74, 6) is -0.135. The molecule has 3 rings (SSSR count). The number of carbonyl (C=O) groups is 1. The zero-order valence-corrected chi connectivity index (χ0v) is 14.2. The van der Waals surface area contributed by atoms with Crippen LogP contribution in [0.2, 0.25) is 0 Å². The molecule has 1 amide bonds. The number of isocyanates is 1. The van der Waals surface area contributed by atoms with Crippen LogP contribution in [0.1, 0.15) is 15.9 Å². The zero-order chi connectivity index (χ0) is 19.4. The summed E-state index contributed by atoms with van der Waals surface area (Å²) in [6.07, 6.45) is -2.91. The van der Waals surface area contributed by atoms with E-state index >= 15 is 0 Å². The fourth-order valence-electron chi connectivity index (χ4n) is 2.94. The molecule has 0 radical (unpaired) electrons. The normalized spacial score (nSPS) is 14.6. The summed E-state index contributed by atoms with van der Waals surface area (Å²) in [6.45, 7) is 2.00. The van der Waals surface area contributed by atoms with Crippen LogP contribution in [0.3, 0.4) is 0 Å². The predicted octanol–water partition coefficient (Wildman–Crippen LogP) is 3.64. The topological polar surface area (TPSA) is 53.0 Å². The van der Waals surface area contributed by atoms with E-state index in [9.17, 15) is 22.8 Å². The standard InChI is InChI=1S/C19H16F3N3O2/c20-19(21,22)15-3-7-17(8-4-15)24-9-11-25(12-10-24)18(27)14-1-5-16(6-2-14)23-13-26/h1-8H,9-12H2. The van der Waals surface area contributed by atoms with Gasteiger partial charge in [-0.2, -0.15) is 18.2 Å². The second-order valence-electron chi connectivity index (χ2n) is 6.07. The molecule has 1 aliphatic rings. The van der Waals surface area contributed by atoms with Gasteiger partial charge in [-0.25, -0.2) is 4.79 Å². The Morgan fingerprint density at radius 2 is 1.52 bits per heavy atom. The maximum Gasteiger partial charge on any atom is 0.416 e. The van der Waals surface area contributed by atoms with E-state index in [1.165, 1.54) is 18.2 Å². The van der Waals surface area contributed by atoms with E-state index in [1.807, 2.05) is 4.90 Å². The second kappa shape index (κ2) is 7.63. The number of hydrogen-bond acceptors (Lipinski definition) is 4. The van der Waals surface area contributed by atoms with Gasteiger partial charge in [-0.3, -0.25) is 4.79 Å². The van der Waals surface area contributed by atoms with E-state index in [2.05, 4.69) is 4.99 Å². The summed E-state index contributed by atoms with van der Waals surface area (Å²) < 4.78 is 37.9. The van der Waals surface area contributed by atoms with Crippen molar-refractivity contribution in [3.63, 3.8) is 0 Å². The highest BCUT2D eigenvalue weighted by atomic mass is 19.4. The fraction of sp³-hybridized carbons (Fsp3) is 0.263. The maximum absolute atomic E-state index is 12.6. The van der Waals surface area contributed by atoms with E-state index in [4.69, 9.17) is 0 Å². The molecule has 0 atom stereocenters. The van der Waals surface area contributed by atoms with Crippen molar-refractivity contribution >= 4 is 23.4 Å². The zero-order valence-electron chi connectivity index (χ0n) is 14.2. The van der Waals surface area contributed by atoms with E-state index in [0.717, 1.165) is 12.1 Å². The molecule has 1 fully saturated rings. The molecule has 2 aromatic carbocycles. The van der Waals surface area contributed by atoms with Crippen molar-refractivity contribution in [2.24, 2.45) is 4.99 Å². The van der Waals surface area contributed by atoms with Crippen molar-refractivity contribution in [2.45, 2.75) is 6.18 Å². The number of alkyl halides is 3. The molecule has 1 aliphatic heterocycles. The van der Waals surface area contributed by atoms with E-state index < -0.39 is 11.7 Å². The van der Waals surface area contributed by atoms with Crippen LogP contribution in [0.5, 0.6) is 0 Å². The quantitative estimate of drug-likeness (QED) is 0.608. The molecule has 0 bridgehead atoms. The van der Waals surface area contributed by atoms with Gasteiger partial charge in [0.1, 0.15) is 0 Å². The van der Waals surface area contributed by atoms with Crippen molar-refractivity contribution in [1.29, 1.82) is 0 Å². The number of amides is 1. The van der Waals surface area contributed by atoms with Gasteiger partial charge >= 0.3 is 6.18 Å². The highest BCUT2D eigenvalue weighted by molar-refractivity contribution is 5.94. The van der Waals surface area contributed by atoms with E-state index in [1.54, 1.807) is 29.2 Å². The molecule has 0 unspecified atom stereocenters. The van der Waals surface area contributed by atoms with Crippen molar-refractivity contribution in [3.05, 3.63) is 59.7 Å². The van der Waals surface area contributed by atoms with Gasteiger partial charge in [-0.15, -0.1) is 0 Å². The van der Waals surface area contributed by atoms with E-state index in [-0.39, 0.29) is 5.91 Å². The molecule has 0 aliphatic carbocycles. The lowest BCUT2D eigenvalue weighted by Crippen LogP contribution is -2.48. The van der Waals surface area contributed by atoms with Crippen LogP contribution in [-0.2, 0) is 11.0 Å². The van der Waals surface area contributed by atoms with Gasteiger partial charge in [0.15, 0.2) is 0 Å². The Labute approximate surface area is 153 Å². The Morgan fingerprint density at radius 1 is 0.926 bits per heavy atom. The molecule has 0 N–H and O–H groups in total. The van der Waals surface area contributed by atoms with Gasteiger partial charge in [0, 0.05) is 37.4 Å². The lowest BCUT2D eigenvalue weighted by molar-refractivity contribution is -0.137. The van der Waals surface area contributed by atoms with Crippen LogP contribution in [-0.4, -0.2) is 43.1 Å². The highest BCUT2D eigenvalue weighted by Crippen LogP contribution is 2.30. The lowest BCUT2D eigenvalue weighted by atomic mass is 10.1. The van der Waals surface area contributed by atoms with E-state index in [0.29, 0.717) is 43.1 Å². The average Bonchev–Trinajstić information content (AvgIpc) is 2.68. The second-order valence-corrected chi connectivity index (χ2v) is 6.07. The van der Waals surface area contributed by atoms with Crippen LogP contribution >= 0.6 is 0 Å². The molecule has 140 valence electrons. The monoisotopic (exact) mass is 375 g/mol. The van der Waals surface area contributed by atoms with Crippen LogP contribution in [0.4, 0.5) is 24.5 Å². The maximum atomic E-state index is 12.6. The molecular weight excluding hydrogens is 359 g/mol. The molecule has 0 aromatic heterocycles. The Balaban J connectivity index is 1.61. The number of piperazine rings is 1. The summed E-state index contributed by atoms with van der Waals surface area (Å²) in [5.41, 5.74) is 0.935.